The predicted octanol–water partition coefficient (Wildman–Crippen LogP) is 4.32. The molecule has 0 fully saturated rings. The molecule has 0 aliphatic carbocycles. The van der Waals surface area contributed by atoms with Crippen molar-refractivity contribution in [2.45, 2.75) is 52.4 Å². The van der Waals surface area contributed by atoms with E-state index in [-0.39, 0.29) is 25.7 Å². The number of carbonyl (C=O) groups excluding carboxylic acids is 1. The average molecular weight is 571 g/mol. The first-order valence-corrected chi connectivity index (χ1v) is 12.9. The number of hydrogen-bond donors (Lipinski definition) is 1. The third-order valence-electron chi connectivity index (χ3n) is 6.48. The SMILES string of the molecule is CC.O=C1OCc2c(cc3n(c2=O)Cc2c-3nc3ccc4nccnc4c3c2CCCCBr)C1O.S. The molecule has 6 rings (SSSR count). The van der Waals surface area contributed by atoms with Crippen molar-refractivity contribution in [3.63, 3.8) is 0 Å². The maximum absolute atomic E-state index is 13.3. The number of benzene rings is 1. The van der Waals surface area contributed by atoms with Crippen LogP contribution in [0.25, 0.3) is 33.3 Å². The van der Waals surface area contributed by atoms with Gasteiger partial charge in [0.15, 0.2) is 6.10 Å². The maximum Gasteiger partial charge on any atom is 0.340 e. The van der Waals surface area contributed by atoms with Crippen molar-refractivity contribution in [3.8, 4) is 11.4 Å². The Hall–Kier alpha value is -2.82. The Morgan fingerprint density at radius 2 is 1.86 bits per heavy atom. The lowest BCUT2D eigenvalue weighted by Crippen LogP contribution is -2.32. The highest BCUT2D eigenvalue weighted by Gasteiger charge is 2.34. The summed E-state index contributed by atoms with van der Waals surface area (Å²) < 4.78 is 6.67. The van der Waals surface area contributed by atoms with E-state index in [4.69, 9.17) is 9.72 Å². The van der Waals surface area contributed by atoms with Crippen LogP contribution in [0, 0.1) is 0 Å². The number of aliphatic hydroxyl groups is 1. The summed E-state index contributed by atoms with van der Waals surface area (Å²) in [5.74, 6) is -0.739. The summed E-state index contributed by atoms with van der Waals surface area (Å²) in [4.78, 5) is 39.2. The molecule has 0 radical (unpaired) electrons. The van der Waals surface area contributed by atoms with Gasteiger partial charge in [0.2, 0.25) is 0 Å². The first kappa shape index (κ1) is 26.2. The summed E-state index contributed by atoms with van der Waals surface area (Å²) in [6.07, 6.45) is 4.69. The summed E-state index contributed by atoms with van der Waals surface area (Å²) in [5.41, 5.74) is 6.19. The molecular weight excluding hydrogens is 544 g/mol. The highest BCUT2D eigenvalue weighted by molar-refractivity contribution is 9.09. The molecular formula is C26H27BrN4O4S. The van der Waals surface area contributed by atoms with Gasteiger partial charge in [-0.2, -0.15) is 13.5 Å². The number of fused-ring (bicyclic) bond motifs is 7. The Labute approximate surface area is 223 Å². The van der Waals surface area contributed by atoms with Crippen molar-refractivity contribution in [2.24, 2.45) is 0 Å². The molecule has 5 heterocycles. The highest BCUT2D eigenvalue weighted by Crippen LogP contribution is 2.39. The number of aliphatic hydroxyl groups excluding tert-OH is 1. The quantitative estimate of drug-likeness (QED) is 0.148. The average Bonchev–Trinajstić information content (AvgIpc) is 3.26. The molecule has 2 aliphatic heterocycles. The number of pyridine rings is 2. The third kappa shape index (κ3) is 4.10. The number of carbonyl (C=O) groups is 1. The topological polar surface area (TPSA) is 107 Å². The van der Waals surface area contributed by atoms with Crippen LogP contribution < -0.4 is 5.56 Å². The summed E-state index contributed by atoms with van der Waals surface area (Å²) in [5, 5.41) is 12.2. The van der Waals surface area contributed by atoms with Gasteiger partial charge in [-0.05, 0) is 43.0 Å². The standard InChI is InChI=1S/C24H19BrN4O4.C2H6.H2S/c25-6-2-1-3-12-14-10-29-18(9-13-15(23(29)31)11-33-24(32)22(13)30)20(14)28-16-4-5-17-21(19(12)16)27-8-7-26-17;1-2;/h4-5,7-9,22,30H,1-3,6,10-11H2;1-2H3;1H2. The molecule has 0 bridgehead atoms. The van der Waals surface area contributed by atoms with Gasteiger partial charge in [0.05, 0.1) is 40.0 Å². The lowest BCUT2D eigenvalue weighted by atomic mass is 9.95. The Balaban J connectivity index is 0.000000990. The van der Waals surface area contributed by atoms with Crippen LogP contribution in [-0.2, 0) is 29.1 Å². The van der Waals surface area contributed by atoms with Gasteiger partial charge in [-0.25, -0.2) is 9.78 Å². The van der Waals surface area contributed by atoms with E-state index in [1.807, 2.05) is 26.0 Å². The normalized spacial score (nSPS) is 15.3. The fraction of sp³-hybridized carbons (Fsp3) is 0.346. The fourth-order valence-corrected chi connectivity index (χ4v) is 5.31. The van der Waals surface area contributed by atoms with Gasteiger partial charge in [-0.1, -0.05) is 29.8 Å². The van der Waals surface area contributed by atoms with Crippen LogP contribution >= 0.6 is 29.4 Å². The molecule has 3 aromatic heterocycles. The minimum Gasteiger partial charge on any atom is -0.458 e. The molecule has 188 valence electrons. The summed E-state index contributed by atoms with van der Waals surface area (Å²) >= 11 is 3.51. The van der Waals surface area contributed by atoms with E-state index in [9.17, 15) is 14.7 Å². The molecule has 0 spiro atoms. The summed E-state index contributed by atoms with van der Waals surface area (Å²) in [6, 6.07) is 5.56. The first-order valence-electron chi connectivity index (χ1n) is 11.8. The molecule has 0 saturated heterocycles. The molecule has 0 amide bonds. The molecule has 8 nitrogen and oxygen atoms in total. The zero-order valence-corrected chi connectivity index (χ0v) is 22.6. The van der Waals surface area contributed by atoms with Crippen LogP contribution in [0.15, 0.2) is 35.4 Å². The molecule has 2 aliphatic rings. The van der Waals surface area contributed by atoms with Gasteiger partial charge in [0, 0.05) is 34.2 Å². The van der Waals surface area contributed by atoms with Crippen molar-refractivity contribution in [2.75, 3.05) is 5.33 Å². The predicted molar refractivity (Wildman–Crippen MR) is 147 cm³/mol. The van der Waals surface area contributed by atoms with Gasteiger partial charge >= 0.3 is 5.97 Å². The number of esters is 1. The Morgan fingerprint density at radius 1 is 1.11 bits per heavy atom. The molecule has 1 aromatic carbocycles. The number of aryl methyl sites for hydroxylation is 1. The fourth-order valence-electron chi connectivity index (χ4n) is 4.91. The smallest absolute Gasteiger partial charge is 0.340 e. The zero-order valence-electron chi connectivity index (χ0n) is 20.0. The number of halogens is 1. The number of alkyl halides is 1. The lowest BCUT2D eigenvalue weighted by molar-refractivity contribution is -0.157. The Morgan fingerprint density at radius 3 is 2.64 bits per heavy atom. The molecule has 10 heteroatoms. The number of cyclic esters (lactones) is 1. The van der Waals surface area contributed by atoms with Crippen molar-refractivity contribution in [1.82, 2.24) is 19.5 Å². The van der Waals surface area contributed by atoms with Crippen LogP contribution in [0.3, 0.4) is 0 Å². The van der Waals surface area contributed by atoms with E-state index in [2.05, 4.69) is 25.9 Å². The van der Waals surface area contributed by atoms with Crippen LogP contribution in [0.4, 0.5) is 0 Å². The van der Waals surface area contributed by atoms with Gasteiger partial charge in [-0.15, -0.1) is 0 Å². The van der Waals surface area contributed by atoms with Gasteiger partial charge in [0.25, 0.3) is 5.56 Å². The number of rotatable bonds is 4. The van der Waals surface area contributed by atoms with Crippen LogP contribution in [-0.4, -0.2) is 35.9 Å². The number of ether oxygens (including phenoxy) is 1. The molecule has 1 atom stereocenters. The monoisotopic (exact) mass is 570 g/mol. The minimum absolute atomic E-state index is 0. The summed E-state index contributed by atoms with van der Waals surface area (Å²) in [7, 11) is 0. The molecule has 1 N–H and O–H groups in total. The molecule has 0 saturated carbocycles. The van der Waals surface area contributed by atoms with Gasteiger partial charge < -0.3 is 14.4 Å². The second kappa shape index (κ2) is 10.7. The summed E-state index contributed by atoms with van der Waals surface area (Å²) in [6.45, 7) is 4.25. The molecule has 1 unspecified atom stereocenters. The van der Waals surface area contributed by atoms with Gasteiger partial charge in [0.1, 0.15) is 6.61 Å². The highest BCUT2D eigenvalue weighted by atomic mass is 79.9. The van der Waals surface area contributed by atoms with E-state index < -0.39 is 12.1 Å². The van der Waals surface area contributed by atoms with Crippen molar-refractivity contribution >= 4 is 57.3 Å². The maximum atomic E-state index is 13.3. The third-order valence-corrected chi connectivity index (χ3v) is 7.04. The number of hydrogen-bond acceptors (Lipinski definition) is 7. The molecule has 36 heavy (non-hydrogen) atoms. The van der Waals surface area contributed by atoms with E-state index in [1.165, 1.54) is 0 Å². The zero-order chi connectivity index (χ0) is 24.7. The van der Waals surface area contributed by atoms with Crippen LogP contribution in [0.2, 0.25) is 0 Å². The first-order chi connectivity index (χ1) is 17.1. The van der Waals surface area contributed by atoms with E-state index in [0.717, 1.165) is 57.7 Å². The Kier molecular flexibility index (Phi) is 7.77. The number of aromatic nitrogens is 4. The molecule has 4 aromatic rings. The van der Waals surface area contributed by atoms with Crippen molar-refractivity contribution in [3.05, 3.63) is 63.2 Å². The number of nitrogens with zero attached hydrogens (tertiary/aromatic N) is 4. The lowest BCUT2D eigenvalue weighted by Gasteiger charge is -2.21. The number of unbranched alkanes of at least 4 members (excludes halogenated alkanes) is 1. The van der Waals surface area contributed by atoms with E-state index in [0.29, 0.717) is 29.1 Å². The largest absolute Gasteiger partial charge is 0.458 e. The van der Waals surface area contributed by atoms with E-state index >= 15 is 0 Å². The Bertz CT molecular complexity index is 1540. The van der Waals surface area contributed by atoms with Crippen molar-refractivity contribution in [1.29, 1.82) is 0 Å². The second-order valence-corrected chi connectivity index (χ2v) is 9.11. The minimum atomic E-state index is -1.46. The second-order valence-electron chi connectivity index (χ2n) is 8.31. The van der Waals surface area contributed by atoms with Crippen molar-refractivity contribution < 1.29 is 14.6 Å². The van der Waals surface area contributed by atoms with E-state index in [1.54, 1.807) is 23.0 Å². The van der Waals surface area contributed by atoms with Gasteiger partial charge in [-0.3, -0.25) is 14.8 Å². The van der Waals surface area contributed by atoms with Crippen LogP contribution in [0.1, 0.15) is 55.0 Å². The van der Waals surface area contributed by atoms with Crippen LogP contribution in [0.5, 0.6) is 0 Å².